The lowest BCUT2D eigenvalue weighted by Gasteiger charge is -2.20. The van der Waals surface area contributed by atoms with E-state index in [9.17, 15) is 4.79 Å². The predicted octanol–water partition coefficient (Wildman–Crippen LogP) is 2.65. The summed E-state index contributed by atoms with van der Waals surface area (Å²) in [5, 5.41) is 0.558. The monoisotopic (exact) mass is 211 g/mol. The maximum absolute atomic E-state index is 11.9. The average molecular weight is 212 g/mol. The topological polar surface area (TPSA) is 43.1 Å². The molecule has 0 aliphatic carbocycles. The van der Waals surface area contributed by atoms with Gasteiger partial charge < -0.3 is 5.73 Å². The van der Waals surface area contributed by atoms with E-state index in [1.165, 1.54) is 0 Å². The first kappa shape index (κ1) is 11.2. The maximum Gasteiger partial charge on any atom is 0.182 e. The van der Waals surface area contributed by atoms with Crippen molar-refractivity contribution in [3.8, 4) is 0 Å². The third-order valence-corrected chi connectivity index (χ3v) is 2.58. The Hall–Kier alpha value is -0.860. The molecule has 0 aromatic heterocycles. The Bertz CT molecular complexity index is 347. The number of halogens is 1. The molecule has 1 rings (SSSR count). The lowest BCUT2D eigenvalue weighted by molar-refractivity contribution is 0.0898. The summed E-state index contributed by atoms with van der Waals surface area (Å²) in [7, 11) is 0. The highest BCUT2D eigenvalue weighted by Crippen LogP contribution is 2.17. The minimum absolute atomic E-state index is 0.0671. The fourth-order valence-corrected chi connectivity index (χ4v) is 1.31. The summed E-state index contributed by atoms with van der Waals surface area (Å²) in [6.07, 6.45) is 0.609. The van der Waals surface area contributed by atoms with Gasteiger partial charge in [0.25, 0.3) is 0 Å². The Morgan fingerprint density at radius 3 is 2.71 bits per heavy atom. The van der Waals surface area contributed by atoms with Crippen LogP contribution in [0.5, 0.6) is 0 Å². The summed E-state index contributed by atoms with van der Waals surface area (Å²) < 4.78 is 0. The van der Waals surface area contributed by atoms with Crippen molar-refractivity contribution < 1.29 is 4.79 Å². The number of hydrogen-bond donors (Lipinski definition) is 1. The van der Waals surface area contributed by atoms with Gasteiger partial charge in [-0.1, -0.05) is 30.7 Å². The number of benzene rings is 1. The normalized spacial score (nSPS) is 14.9. The van der Waals surface area contributed by atoms with Crippen molar-refractivity contribution in [1.29, 1.82) is 0 Å². The van der Waals surface area contributed by atoms with Crippen molar-refractivity contribution in [2.24, 2.45) is 5.73 Å². The second-order valence-electron chi connectivity index (χ2n) is 3.61. The van der Waals surface area contributed by atoms with E-state index in [4.69, 9.17) is 17.3 Å². The molecule has 2 N–H and O–H groups in total. The molecule has 0 saturated carbocycles. The molecule has 0 spiro atoms. The van der Waals surface area contributed by atoms with E-state index in [0.29, 0.717) is 17.0 Å². The van der Waals surface area contributed by atoms with E-state index >= 15 is 0 Å². The molecule has 0 radical (unpaired) electrons. The van der Waals surface area contributed by atoms with Gasteiger partial charge in [-0.3, -0.25) is 4.79 Å². The highest BCUT2D eigenvalue weighted by atomic mass is 35.5. The smallest absolute Gasteiger partial charge is 0.182 e. The zero-order chi connectivity index (χ0) is 10.8. The zero-order valence-electron chi connectivity index (χ0n) is 8.38. The second kappa shape index (κ2) is 4.11. The van der Waals surface area contributed by atoms with E-state index in [2.05, 4.69) is 0 Å². The molecular formula is C11H14ClNO. The van der Waals surface area contributed by atoms with Crippen LogP contribution < -0.4 is 5.73 Å². The minimum Gasteiger partial charge on any atom is -0.319 e. The van der Waals surface area contributed by atoms with E-state index < -0.39 is 5.54 Å². The Morgan fingerprint density at radius 1 is 1.57 bits per heavy atom. The molecule has 0 bridgehead atoms. The molecule has 14 heavy (non-hydrogen) atoms. The van der Waals surface area contributed by atoms with Gasteiger partial charge in [0, 0.05) is 10.6 Å². The molecule has 76 valence electrons. The van der Waals surface area contributed by atoms with Gasteiger partial charge in [-0.15, -0.1) is 0 Å². The molecule has 1 aromatic rings. The van der Waals surface area contributed by atoms with Crippen LogP contribution in [0.4, 0.5) is 0 Å². The predicted molar refractivity (Wildman–Crippen MR) is 58.7 cm³/mol. The largest absolute Gasteiger partial charge is 0.319 e. The molecule has 0 amide bonds. The molecule has 1 atom stereocenters. The summed E-state index contributed by atoms with van der Waals surface area (Å²) in [4.78, 5) is 11.9. The van der Waals surface area contributed by atoms with Gasteiger partial charge in [-0.05, 0) is 25.5 Å². The van der Waals surface area contributed by atoms with Gasteiger partial charge >= 0.3 is 0 Å². The van der Waals surface area contributed by atoms with Gasteiger partial charge in [-0.2, -0.15) is 0 Å². The molecule has 3 heteroatoms. The third-order valence-electron chi connectivity index (χ3n) is 2.34. The van der Waals surface area contributed by atoms with E-state index in [1.54, 1.807) is 31.2 Å². The Morgan fingerprint density at radius 2 is 2.21 bits per heavy atom. The summed E-state index contributed by atoms with van der Waals surface area (Å²) in [5.41, 5.74) is 5.62. The highest BCUT2D eigenvalue weighted by molar-refractivity contribution is 6.31. The Kier molecular flexibility index (Phi) is 3.29. The Labute approximate surface area is 89.1 Å². The van der Waals surface area contributed by atoms with Crippen LogP contribution in [0.25, 0.3) is 0 Å². The minimum atomic E-state index is -0.801. The SMILES string of the molecule is CCC(C)(N)C(=O)c1cccc(Cl)c1. The summed E-state index contributed by atoms with van der Waals surface area (Å²) in [6.45, 7) is 3.62. The van der Waals surface area contributed by atoms with E-state index in [1.807, 2.05) is 6.92 Å². The molecule has 1 unspecified atom stereocenters. The van der Waals surface area contributed by atoms with E-state index in [-0.39, 0.29) is 5.78 Å². The van der Waals surface area contributed by atoms with Crippen LogP contribution in [-0.2, 0) is 0 Å². The van der Waals surface area contributed by atoms with E-state index in [0.717, 1.165) is 0 Å². The Balaban J connectivity index is 3.01. The van der Waals surface area contributed by atoms with Gasteiger partial charge in [-0.25, -0.2) is 0 Å². The number of Topliss-reactive ketones (excluding diaryl/α,β-unsaturated/α-hetero) is 1. The summed E-state index contributed by atoms with van der Waals surface area (Å²) in [6, 6.07) is 6.86. The molecular weight excluding hydrogens is 198 g/mol. The lowest BCUT2D eigenvalue weighted by Crippen LogP contribution is -2.44. The first-order valence-electron chi connectivity index (χ1n) is 4.56. The molecule has 0 aliphatic rings. The molecule has 2 nitrogen and oxygen atoms in total. The van der Waals surface area contributed by atoms with Crippen molar-refractivity contribution in [2.45, 2.75) is 25.8 Å². The van der Waals surface area contributed by atoms with Crippen molar-refractivity contribution in [2.75, 3.05) is 0 Å². The second-order valence-corrected chi connectivity index (χ2v) is 4.05. The zero-order valence-corrected chi connectivity index (χ0v) is 9.14. The first-order valence-corrected chi connectivity index (χ1v) is 4.94. The average Bonchev–Trinajstić information content (AvgIpc) is 2.16. The lowest BCUT2D eigenvalue weighted by atomic mass is 9.90. The van der Waals surface area contributed by atoms with Gasteiger partial charge in [0.2, 0.25) is 0 Å². The number of ketones is 1. The fraction of sp³-hybridized carbons (Fsp3) is 0.364. The highest BCUT2D eigenvalue weighted by Gasteiger charge is 2.26. The van der Waals surface area contributed by atoms with Crippen molar-refractivity contribution in [3.63, 3.8) is 0 Å². The standard InChI is InChI=1S/C11H14ClNO/c1-3-11(2,13)10(14)8-5-4-6-9(12)7-8/h4-7H,3,13H2,1-2H3. The van der Waals surface area contributed by atoms with Crippen LogP contribution >= 0.6 is 11.6 Å². The molecule has 0 heterocycles. The molecule has 0 fully saturated rings. The van der Waals surface area contributed by atoms with Crippen LogP contribution in [0.1, 0.15) is 30.6 Å². The van der Waals surface area contributed by atoms with Crippen LogP contribution in [0.15, 0.2) is 24.3 Å². The van der Waals surface area contributed by atoms with Crippen molar-refractivity contribution >= 4 is 17.4 Å². The number of nitrogens with two attached hydrogens (primary N) is 1. The van der Waals surface area contributed by atoms with Crippen LogP contribution in [0.3, 0.4) is 0 Å². The van der Waals surface area contributed by atoms with Crippen LogP contribution in [-0.4, -0.2) is 11.3 Å². The first-order chi connectivity index (χ1) is 6.47. The maximum atomic E-state index is 11.9. The number of carbonyl (C=O) groups is 1. The number of rotatable bonds is 3. The molecule has 0 aliphatic heterocycles. The number of hydrogen-bond acceptors (Lipinski definition) is 2. The van der Waals surface area contributed by atoms with Crippen LogP contribution in [0, 0.1) is 0 Å². The van der Waals surface area contributed by atoms with Crippen molar-refractivity contribution in [1.82, 2.24) is 0 Å². The summed E-state index contributed by atoms with van der Waals surface area (Å²) >= 11 is 5.79. The quantitative estimate of drug-likeness (QED) is 0.782. The fourth-order valence-electron chi connectivity index (χ4n) is 1.12. The van der Waals surface area contributed by atoms with Gasteiger partial charge in [0.05, 0.1) is 5.54 Å². The molecule has 0 saturated heterocycles. The molecule has 1 aromatic carbocycles. The third kappa shape index (κ3) is 2.34. The van der Waals surface area contributed by atoms with Gasteiger partial charge in [0.1, 0.15) is 0 Å². The summed E-state index contributed by atoms with van der Waals surface area (Å²) in [5.74, 6) is -0.0671. The number of carbonyl (C=O) groups excluding carboxylic acids is 1. The van der Waals surface area contributed by atoms with Gasteiger partial charge in [0.15, 0.2) is 5.78 Å². The van der Waals surface area contributed by atoms with Crippen LogP contribution in [0.2, 0.25) is 5.02 Å². The van der Waals surface area contributed by atoms with Crippen molar-refractivity contribution in [3.05, 3.63) is 34.9 Å².